The molecule has 1 fully saturated rings. The Bertz CT molecular complexity index is 942. The number of ketones is 2. The first-order chi connectivity index (χ1) is 13.4. The summed E-state index contributed by atoms with van der Waals surface area (Å²) in [5.74, 6) is -1.80. The van der Waals surface area contributed by atoms with Gasteiger partial charge in [-0.3, -0.25) is 9.59 Å². The van der Waals surface area contributed by atoms with E-state index in [1.807, 2.05) is 12.1 Å². The minimum atomic E-state index is -1.16. The molecule has 0 aliphatic heterocycles. The van der Waals surface area contributed by atoms with Crippen molar-refractivity contribution < 1.29 is 33.8 Å². The first kappa shape index (κ1) is 18.6. The third-order valence-electron chi connectivity index (χ3n) is 5.52. The Hall–Kier alpha value is -2.77. The van der Waals surface area contributed by atoms with Gasteiger partial charge in [0.15, 0.2) is 5.78 Å². The molecule has 0 spiro atoms. The maximum Gasteiger partial charge on any atom is 0.371 e. The average Bonchev–Trinajstić information content (AvgIpc) is 3.34. The summed E-state index contributed by atoms with van der Waals surface area (Å²) in [5, 5.41) is 19.3. The first-order valence-corrected chi connectivity index (χ1v) is 9.20. The maximum atomic E-state index is 12.4. The van der Waals surface area contributed by atoms with E-state index in [0.717, 1.165) is 16.7 Å². The van der Waals surface area contributed by atoms with Crippen LogP contribution >= 0.6 is 0 Å². The Morgan fingerprint density at radius 3 is 2.75 bits per heavy atom. The summed E-state index contributed by atoms with van der Waals surface area (Å²) >= 11 is 0. The maximum absolute atomic E-state index is 12.4. The fourth-order valence-electron chi connectivity index (χ4n) is 4.14. The number of carbonyl (C=O) groups excluding carboxylic acids is 2. The summed E-state index contributed by atoms with van der Waals surface area (Å²) in [5.41, 5.74) is 2.53. The van der Waals surface area contributed by atoms with Crippen LogP contribution in [0.25, 0.3) is 0 Å². The third kappa shape index (κ3) is 3.39. The molecule has 0 amide bonds. The molecule has 2 N–H and O–H groups in total. The van der Waals surface area contributed by atoms with Gasteiger partial charge in [0.1, 0.15) is 18.2 Å². The Morgan fingerprint density at radius 2 is 2.00 bits per heavy atom. The molecule has 3 atom stereocenters. The van der Waals surface area contributed by atoms with Crippen LogP contribution in [0.2, 0.25) is 0 Å². The summed E-state index contributed by atoms with van der Waals surface area (Å²) in [6.45, 7) is 0.137. The summed E-state index contributed by atoms with van der Waals surface area (Å²) in [6, 6.07) is 8.38. The van der Waals surface area contributed by atoms with E-state index in [0.29, 0.717) is 18.6 Å². The first-order valence-electron chi connectivity index (χ1n) is 9.20. The van der Waals surface area contributed by atoms with Crippen molar-refractivity contribution in [3.05, 3.63) is 58.5 Å². The molecule has 7 nitrogen and oxygen atoms in total. The molecule has 1 heterocycles. The number of aromatic carboxylic acids is 1. The molecule has 2 aliphatic carbocycles. The van der Waals surface area contributed by atoms with Crippen LogP contribution in [0.1, 0.15) is 56.6 Å². The number of carbonyl (C=O) groups is 3. The smallest absolute Gasteiger partial charge is 0.371 e. The molecule has 0 bridgehead atoms. The Labute approximate surface area is 160 Å². The molecule has 2 aromatic rings. The van der Waals surface area contributed by atoms with Gasteiger partial charge in [0.2, 0.25) is 5.76 Å². The van der Waals surface area contributed by atoms with Gasteiger partial charge in [-0.2, -0.15) is 0 Å². The molecule has 28 heavy (non-hydrogen) atoms. The van der Waals surface area contributed by atoms with Gasteiger partial charge in [0, 0.05) is 24.3 Å². The van der Waals surface area contributed by atoms with E-state index in [-0.39, 0.29) is 42.9 Å². The van der Waals surface area contributed by atoms with Gasteiger partial charge in [-0.25, -0.2) is 4.79 Å². The van der Waals surface area contributed by atoms with E-state index in [9.17, 15) is 19.5 Å². The molecule has 1 aromatic carbocycles. The van der Waals surface area contributed by atoms with Crippen molar-refractivity contribution in [2.45, 2.75) is 37.9 Å². The number of fused-ring (bicyclic) bond motifs is 1. The molecule has 0 saturated heterocycles. The van der Waals surface area contributed by atoms with E-state index in [4.69, 9.17) is 14.3 Å². The lowest BCUT2D eigenvalue weighted by atomic mass is 9.86. The molecular formula is C21H20O7. The van der Waals surface area contributed by atoms with Gasteiger partial charge in [-0.05, 0) is 29.7 Å². The van der Waals surface area contributed by atoms with E-state index in [1.54, 1.807) is 6.07 Å². The summed E-state index contributed by atoms with van der Waals surface area (Å²) in [6.07, 6.45) is 0.459. The number of furan rings is 1. The largest absolute Gasteiger partial charge is 0.475 e. The van der Waals surface area contributed by atoms with Gasteiger partial charge < -0.3 is 19.4 Å². The lowest BCUT2D eigenvalue weighted by Gasteiger charge is -2.22. The Morgan fingerprint density at radius 1 is 1.18 bits per heavy atom. The lowest BCUT2D eigenvalue weighted by molar-refractivity contribution is -0.123. The minimum Gasteiger partial charge on any atom is -0.475 e. The van der Waals surface area contributed by atoms with E-state index in [1.165, 1.54) is 12.1 Å². The zero-order valence-corrected chi connectivity index (χ0v) is 15.1. The minimum absolute atomic E-state index is 0.0402. The number of rotatable bonds is 6. The van der Waals surface area contributed by atoms with Crippen molar-refractivity contribution in [3.63, 3.8) is 0 Å². The number of aryl methyl sites for hydroxylation is 1. The van der Waals surface area contributed by atoms with Crippen LogP contribution in [-0.2, 0) is 22.6 Å². The molecule has 4 rings (SSSR count). The number of benzene rings is 1. The Kier molecular flexibility index (Phi) is 4.87. The molecule has 7 heteroatoms. The van der Waals surface area contributed by atoms with Gasteiger partial charge in [0.05, 0.1) is 18.6 Å². The SMILES string of the molecule is O=C(O)c1ccc(COCC2C(=O)C[C@@H](O)C2c2ccc3c(c2)CCC3=O)o1. The van der Waals surface area contributed by atoms with Crippen molar-refractivity contribution in [1.82, 2.24) is 0 Å². The normalized spacial score (nSPS) is 24.0. The number of ether oxygens (including phenoxy) is 1. The molecular weight excluding hydrogens is 364 g/mol. The highest BCUT2D eigenvalue weighted by Gasteiger charge is 2.43. The summed E-state index contributed by atoms with van der Waals surface area (Å²) in [7, 11) is 0. The highest BCUT2D eigenvalue weighted by molar-refractivity contribution is 6.00. The highest BCUT2D eigenvalue weighted by Crippen LogP contribution is 2.39. The topological polar surface area (TPSA) is 114 Å². The van der Waals surface area contributed by atoms with Crippen LogP contribution in [0.5, 0.6) is 0 Å². The Balaban J connectivity index is 1.46. The van der Waals surface area contributed by atoms with Crippen LogP contribution in [0.3, 0.4) is 0 Å². The van der Waals surface area contributed by atoms with Crippen LogP contribution in [-0.4, -0.2) is 40.5 Å². The van der Waals surface area contributed by atoms with Gasteiger partial charge in [0.25, 0.3) is 0 Å². The van der Waals surface area contributed by atoms with Crippen LogP contribution in [0.4, 0.5) is 0 Å². The van der Waals surface area contributed by atoms with Crippen molar-refractivity contribution in [2.75, 3.05) is 6.61 Å². The number of hydrogen-bond acceptors (Lipinski definition) is 6. The van der Waals surface area contributed by atoms with E-state index in [2.05, 4.69) is 0 Å². The van der Waals surface area contributed by atoms with E-state index < -0.39 is 18.0 Å². The number of carboxylic acid groups (broad SMARTS) is 1. The van der Waals surface area contributed by atoms with Crippen LogP contribution in [0, 0.1) is 5.92 Å². The number of carboxylic acids is 1. The quantitative estimate of drug-likeness (QED) is 0.786. The monoisotopic (exact) mass is 384 g/mol. The number of hydrogen-bond donors (Lipinski definition) is 2. The number of Topliss-reactive ketones (excluding diaryl/α,β-unsaturated/α-hetero) is 2. The van der Waals surface area contributed by atoms with Crippen molar-refractivity contribution >= 4 is 17.5 Å². The standard InChI is InChI=1S/C21H20O7/c22-16-5-2-11-7-12(1-4-14(11)16)20-15(17(23)8-18(20)24)10-27-9-13-3-6-19(28-13)21(25)26/h1,3-4,6-7,15,18,20,24H,2,5,8-10H2,(H,25,26)/t15?,18-,20?/m1/s1. The fraction of sp³-hybridized carbons (Fsp3) is 0.381. The van der Waals surface area contributed by atoms with Crippen LogP contribution < -0.4 is 0 Å². The van der Waals surface area contributed by atoms with Crippen molar-refractivity contribution in [3.8, 4) is 0 Å². The zero-order chi connectivity index (χ0) is 19.8. The number of aliphatic hydroxyl groups excluding tert-OH is 1. The van der Waals surface area contributed by atoms with Crippen molar-refractivity contribution in [1.29, 1.82) is 0 Å². The third-order valence-corrected chi connectivity index (χ3v) is 5.52. The molecule has 146 valence electrons. The van der Waals surface area contributed by atoms with Crippen molar-refractivity contribution in [2.24, 2.45) is 5.92 Å². The molecule has 2 aliphatic rings. The fourth-order valence-corrected chi connectivity index (χ4v) is 4.14. The molecule has 2 unspecified atom stereocenters. The molecule has 1 aromatic heterocycles. The second-order valence-electron chi connectivity index (χ2n) is 7.30. The predicted molar refractivity (Wildman–Crippen MR) is 96.3 cm³/mol. The molecule has 1 saturated carbocycles. The predicted octanol–water partition coefficient (Wildman–Crippen LogP) is 2.36. The average molecular weight is 384 g/mol. The van der Waals surface area contributed by atoms with Gasteiger partial charge in [-0.15, -0.1) is 0 Å². The van der Waals surface area contributed by atoms with Gasteiger partial charge in [-0.1, -0.05) is 18.2 Å². The second kappa shape index (κ2) is 7.33. The zero-order valence-electron chi connectivity index (χ0n) is 15.1. The summed E-state index contributed by atoms with van der Waals surface area (Å²) < 4.78 is 10.7. The molecule has 0 radical (unpaired) electrons. The second-order valence-corrected chi connectivity index (χ2v) is 7.30. The van der Waals surface area contributed by atoms with Crippen LogP contribution in [0.15, 0.2) is 34.7 Å². The lowest BCUT2D eigenvalue weighted by Crippen LogP contribution is -2.23. The number of aliphatic hydroxyl groups is 1. The highest BCUT2D eigenvalue weighted by atomic mass is 16.5. The summed E-state index contributed by atoms with van der Waals surface area (Å²) in [4.78, 5) is 35.1. The van der Waals surface area contributed by atoms with E-state index >= 15 is 0 Å². The van der Waals surface area contributed by atoms with Gasteiger partial charge >= 0.3 is 5.97 Å².